The van der Waals surface area contributed by atoms with Gasteiger partial charge in [0.2, 0.25) is 0 Å². The van der Waals surface area contributed by atoms with E-state index < -0.39 is 5.91 Å². The highest BCUT2D eigenvalue weighted by molar-refractivity contribution is 6.31. The van der Waals surface area contributed by atoms with Crippen LogP contribution in [0.5, 0.6) is 0 Å². The van der Waals surface area contributed by atoms with E-state index in [1.54, 1.807) is 30.5 Å². The van der Waals surface area contributed by atoms with Crippen molar-refractivity contribution >= 4 is 40.4 Å². The monoisotopic (exact) mass is 381 g/mol. The zero-order chi connectivity index (χ0) is 18.6. The molecule has 6 heteroatoms. The van der Waals surface area contributed by atoms with Crippen LogP contribution in [0.4, 0.5) is 5.69 Å². The number of furan rings is 1. The summed E-state index contributed by atoms with van der Waals surface area (Å²) in [7, 11) is 0. The summed E-state index contributed by atoms with van der Waals surface area (Å²) >= 11 is 5.95. The molecule has 0 spiro atoms. The molecule has 0 bridgehead atoms. The van der Waals surface area contributed by atoms with Crippen molar-refractivity contribution in [1.29, 1.82) is 0 Å². The van der Waals surface area contributed by atoms with Crippen LogP contribution in [0.3, 0.4) is 0 Å². The first-order chi connectivity index (χ1) is 13.2. The minimum atomic E-state index is -0.400. The highest BCUT2D eigenvalue weighted by atomic mass is 35.5. The molecule has 5 nitrogen and oxygen atoms in total. The maximum Gasteiger partial charge on any atom is 0.307 e. The van der Waals surface area contributed by atoms with Gasteiger partial charge in [0, 0.05) is 29.2 Å². The van der Waals surface area contributed by atoms with Crippen LogP contribution in [0.15, 0.2) is 58.0 Å². The van der Waals surface area contributed by atoms with Gasteiger partial charge in [0.15, 0.2) is 5.76 Å². The Kier molecular flexibility index (Phi) is 5.12. The summed E-state index contributed by atoms with van der Waals surface area (Å²) < 4.78 is 5.52. The van der Waals surface area contributed by atoms with Gasteiger partial charge in [-0.2, -0.15) is 5.10 Å². The molecule has 0 saturated carbocycles. The van der Waals surface area contributed by atoms with E-state index in [9.17, 15) is 4.79 Å². The second kappa shape index (κ2) is 7.84. The van der Waals surface area contributed by atoms with Crippen LogP contribution in [0.2, 0.25) is 5.02 Å². The van der Waals surface area contributed by atoms with E-state index in [0.717, 1.165) is 24.0 Å². The Bertz CT molecular complexity index is 973. The number of hydrogen-bond acceptors (Lipinski definition) is 4. The molecule has 0 atom stereocenters. The SMILES string of the molecule is O=C(N/N=C\c1ccc(N2CCCCC2)cc1)c1cc2cc(Cl)ccc2o1. The molecule has 1 N–H and O–H groups in total. The average Bonchev–Trinajstić information content (AvgIpc) is 3.12. The van der Waals surface area contributed by atoms with Crippen LogP contribution in [0.1, 0.15) is 35.4 Å². The minimum Gasteiger partial charge on any atom is -0.451 e. The Labute approximate surface area is 162 Å². The standard InChI is InChI=1S/C21H20ClN3O2/c22-17-6-9-19-16(12-17)13-20(27-19)21(26)24-23-14-15-4-7-18(8-5-15)25-10-2-1-3-11-25/h4-9,12-14H,1-3,10-11H2,(H,24,26)/b23-14-. The fourth-order valence-corrected chi connectivity index (χ4v) is 3.45. The molecule has 1 aliphatic rings. The number of carbonyl (C=O) groups is 1. The normalized spacial score (nSPS) is 14.8. The summed E-state index contributed by atoms with van der Waals surface area (Å²) in [5.74, 6) is -0.201. The zero-order valence-corrected chi connectivity index (χ0v) is 15.6. The summed E-state index contributed by atoms with van der Waals surface area (Å²) in [6.45, 7) is 2.23. The van der Waals surface area contributed by atoms with E-state index in [2.05, 4.69) is 27.6 Å². The number of benzene rings is 2. The summed E-state index contributed by atoms with van der Waals surface area (Å²) in [5.41, 5.74) is 5.26. The van der Waals surface area contributed by atoms with Crippen molar-refractivity contribution < 1.29 is 9.21 Å². The van der Waals surface area contributed by atoms with Gasteiger partial charge in [0.25, 0.3) is 0 Å². The van der Waals surface area contributed by atoms with E-state index in [4.69, 9.17) is 16.0 Å². The van der Waals surface area contributed by atoms with Crippen LogP contribution in [0.25, 0.3) is 11.0 Å². The molecule has 1 saturated heterocycles. The first kappa shape index (κ1) is 17.6. The molecule has 27 heavy (non-hydrogen) atoms. The van der Waals surface area contributed by atoms with E-state index >= 15 is 0 Å². The second-order valence-corrected chi connectivity index (χ2v) is 7.07. The van der Waals surface area contributed by atoms with Crippen molar-refractivity contribution in [2.45, 2.75) is 19.3 Å². The van der Waals surface area contributed by atoms with Crippen molar-refractivity contribution in [2.24, 2.45) is 5.10 Å². The fourth-order valence-electron chi connectivity index (χ4n) is 3.27. The average molecular weight is 382 g/mol. The van der Waals surface area contributed by atoms with Gasteiger partial charge in [0.1, 0.15) is 5.58 Å². The number of anilines is 1. The number of halogens is 1. The van der Waals surface area contributed by atoms with Crippen molar-refractivity contribution in [3.05, 3.63) is 64.9 Å². The molecular formula is C21H20ClN3O2. The summed E-state index contributed by atoms with van der Waals surface area (Å²) in [5, 5.41) is 5.40. The molecule has 1 fully saturated rings. The predicted octanol–water partition coefficient (Wildman–Crippen LogP) is 4.84. The molecule has 4 rings (SSSR count). The molecule has 3 aromatic rings. The number of nitrogens with one attached hydrogen (secondary N) is 1. The Morgan fingerprint density at radius 1 is 1.07 bits per heavy atom. The molecule has 1 aromatic heterocycles. The smallest absolute Gasteiger partial charge is 0.307 e. The number of nitrogens with zero attached hydrogens (tertiary/aromatic N) is 2. The number of carbonyl (C=O) groups excluding carboxylic acids is 1. The molecule has 1 aliphatic heterocycles. The van der Waals surface area contributed by atoms with Gasteiger partial charge in [-0.05, 0) is 61.2 Å². The Balaban J connectivity index is 1.38. The number of fused-ring (bicyclic) bond motifs is 1. The maximum absolute atomic E-state index is 12.2. The van der Waals surface area contributed by atoms with E-state index in [0.29, 0.717) is 10.6 Å². The molecule has 2 heterocycles. The Morgan fingerprint density at radius 3 is 2.63 bits per heavy atom. The van der Waals surface area contributed by atoms with Crippen molar-refractivity contribution in [2.75, 3.05) is 18.0 Å². The summed E-state index contributed by atoms with van der Waals surface area (Å²) in [6, 6.07) is 15.1. The van der Waals surface area contributed by atoms with E-state index in [1.807, 2.05) is 12.1 Å². The molecule has 0 aliphatic carbocycles. The highest BCUT2D eigenvalue weighted by Crippen LogP contribution is 2.23. The lowest BCUT2D eigenvalue weighted by Crippen LogP contribution is -2.29. The van der Waals surface area contributed by atoms with E-state index in [1.165, 1.54) is 24.9 Å². The van der Waals surface area contributed by atoms with Gasteiger partial charge < -0.3 is 9.32 Å². The third-order valence-electron chi connectivity index (χ3n) is 4.70. The highest BCUT2D eigenvalue weighted by Gasteiger charge is 2.12. The van der Waals surface area contributed by atoms with Gasteiger partial charge >= 0.3 is 5.91 Å². The Morgan fingerprint density at radius 2 is 1.85 bits per heavy atom. The zero-order valence-electron chi connectivity index (χ0n) is 14.8. The van der Waals surface area contributed by atoms with Gasteiger partial charge in [-0.1, -0.05) is 23.7 Å². The lowest BCUT2D eigenvalue weighted by Gasteiger charge is -2.28. The molecule has 138 valence electrons. The van der Waals surface area contributed by atoms with Crippen LogP contribution >= 0.6 is 11.6 Å². The molecular weight excluding hydrogens is 362 g/mol. The molecule has 1 amide bonds. The number of amides is 1. The summed E-state index contributed by atoms with van der Waals surface area (Å²) in [4.78, 5) is 14.6. The first-order valence-electron chi connectivity index (χ1n) is 9.06. The number of piperidine rings is 1. The third kappa shape index (κ3) is 4.14. The van der Waals surface area contributed by atoms with Crippen LogP contribution in [-0.4, -0.2) is 25.2 Å². The number of hydrazone groups is 1. The minimum absolute atomic E-state index is 0.199. The third-order valence-corrected chi connectivity index (χ3v) is 4.93. The van der Waals surface area contributed by atoms with Crippen molar-refractivity contribution in [3.8, 4) is 0 Å². The molecule has 0 unspecified atom stereocenters. The largest absolute Gasteiger partial charge is 0.451 e. The molecule has 2 aromatic carbocycles. The topological polar surface area (TPSA) is 57.8 Å². The second-order valence-electron chi connectivity index (χ2n) is 6.63. The predicted molar refractivity (Wildman–Crippen MR) is 109 cm³/mol. The first-order valence-corrected chi connectivity index (χ1v) is 9.44. The van der Waals surface area contributed by atoms with Gasteiger partial charge in [-0.25, -0.2) is 5.43 Å². The maximum atomic E-state index is 12.2. The van der Waals surface area contributed by atoms with Gasteiger partial charge in [-0.3, -0.25) is 4.79 Å². The van der Waals surface area contributed by atoms with Crippen molar-refractivity contribution in [3.63, 3.8) is 0 Å². The molecule has 0 radical (unpaired) electrons. The van der Waals surface area contributed by atoms with Crippen LogP contribution < -0.4 is 10.3 Å². The number of hydrogen-bond donors (Lipinski definition) is 1. The lowest BCUT2D eigenvalue weighted by atomic mass is 10.1. The summed E-state index contributed by atoms with van der Waals surface area (Å²) in [6.07, 6.45) is 5.45. The van der Waals surface area contributed by atoms with Gasteiger partial charge in [0.05, 0.1) is 6.21 Å². The fraction of sp³-hybridized carbons (Fsp3) is 0.238. The lowest BCUT2D eigenvalue weighted by molar-refractivity contribution is 0.0929. The van der Waals surface area contributed by atoms with Crippen molar-refractivity contribution in [1.82, 2.24) is 5.43 Å². The van der Waals surface area contributed by atoms with E-state index in [-0.39, 0.29) is 5.76 Å². The van der Waals surface area contributed by atoms with Gasteiger partial charge in [-0.15, -0.1) is 0 Å². The van der Waals surface area contributed by atoms with Crippen LogP contribution in [0, 0.1) is 0 Å². The Hall–Kier alpha value is -2.79. The van der Waals surface area contributed by atoms with Crippen LogP contribution in [-0.2, 0) is 0 Å². The quantitative estimate of drug-likeness (QED) is 0.519. The number of rotatable bonds is 4.